The highest BCUT2D eigenvalue weighted by molar-refractivity contribution is 7.89. The largest absolute Gasteiger partial charge is 0.383 e. The van der Waals surface area contributed by atoms with E-state index in [2.05, 4.69) is 14.8 Å². The van der Waals surface area contributed by atoms with E-state index in [1.807, 2.05) is 10.9 Å². The standard InChI is InChI=1S/C15H20N4O3S/c1-22-9-8-19-11-12-4-2-6-14(15(12)17-19)18-23(20,21)13-5-3-7-16-10-13/h3,5,7,10-11,14,18H,2,4,6,8-9H2,1H3/t14-/m0/s1. The fraction of sp³-hybridized carbons (Fsp3) is 0.467. The quantitative estimate of drug-likeness (QED) is 0.859. The lowest BCUT2D eigenvalue weighted by atomic mass is 9.94. The molecule has 0 fully saturated rings. The first-order chi connectivity index (χ1) is 11.1. The Kier molecular flexibility index (Phi) is 4.74. The first kappa shape index (κ1) is 16.1. The number of aromatic nitrogens is 3. The molecule has 3 rings (SSSR count). The predicted octanol–water partition coefficient (Wildman–Crippen LogP) is 1.28. The molecule has 7 nitrogen and oxygen atoms in total. The van der Waals surface area contributed by atoms with Crippen LogP contribution in [0.3, 0.4) is 0 Å². The molecule has 0 radical (unpaired) electrons. The van der Waals surface area contributed by atoms with Crippen LogP contribution in [0, 0.1) is 0 Å². The molecule has 8 heteroatoms. The second-order valence-electron chi connectivity index (χ2n) is 5.55. The van der Waals surface area contributed by atoms with Gasteiger partial charge in [-0.1, -0.05) is 0 Å². The van der Waals surface area contributed by atoms with E-state index in [4.69, 9.17) is 4.74 Å². The van der Waals surface area contributed by atoms with Gasteiger partial charge in [0.2, 0.25) is 10.0 Å². The average Bonchev–Trinajstić information content (AvgIpc) is 2.98. The van der Waals surface area contributed by atoms with E-state index in [1.54, 1.807) is 19.4 Å². The molecule has 1 aliphatic rings. The summed E-state index contributed by atoms with van der Waals surface area (Å²) in [5, 5.41) is 4.54. The van der Waals surface area contributed by atoms with Gasteiger partial charge in [-0.3, -0.25) is 9.67 Å². The van der Waals surface area contributed by atoms with Crippen molar-refractivity contribution < 1.29 is 13.2 Å². The van der Waals surface area contributed by atoms with Crippen LogP contribution in [-0.2, 0) is 27.7 Å². The molecule has 0 bridgehead atoms. The Morgan fingerprint density at radius 2 is 2.35 bits per heavy atom. The van der Waals surface area contributed by atoms with Crippen molar-refractivity contribution in [1.82, 2.24) is 19.5 Å². The Hall–Kier alpha value is -1.77. The molecule has 0 aromatic carbocycles. The van der Waals surface area contributed by atoms with Gasteiger partial charge in [-0.2, -0.15) is 5.10 Å². The van der Waals surface area contributed by atoms with Gasteiger partial charge in [-0.25, -0.2) is 13.1 Å². The number of ether oxygens (including phenoxy) is 1. The van der Waals surface area contributed by atoms with Crippen molar-refractivity contribution in [2.45, 2.75) is 36.7 Å². The fourth-order valence-electron chi connectivity index (χ4n) is 2.77. The van der Waals surface area contributed by atoms with E-state index in [1.165, 1.54) is 12.3 Å². The molecule has 2 aromatic rings. The Bertz CT molecular complexity index is 758. The molecule has 0 unspecified atom stereocenters. The second-order valence-corrected chi connectivity index (χ2v) is 7.26. The lowest BCUT2D eigenvalue weighted by molar-refractivity contribution is 0.183. The first-order valence-electron chi connectivity index (χ1n) is 7.57. The van der Waals surface area contributed by atoms with E-state index in [-0.39, 0.29) is 10.9 Å². The van der Waals surface area contributed by atoms with Gasteiger partial charge in [0.25, 0.3) is 0 Å². The average molecular weight is 336 g/mol. The maximum absolute atomic E-state index is 12.5. The molecule has 0 spiro atoms. The van der Waals surface area contributed by atoms with Gasteiger partial charge < -0.3 is 4.74 Å². The number of hydrogen-bond donors (Lipinski definition) is 1. The maximum atomic E-state index is 12.5. The van der Waals surface area contributed by atoms with Gasteiger partial charge in [-0.05, 0) is 37.0 Å². The van der Waals surface area contributed by atoms with E-state index in [0.29, 0.717) is 13.2 Å². The molecule has 1 N–H and O–H groups in total. The SMILES string of the molecule is COCCn1cc2c(n1)[C@@H](NS(=O)(=O)c1cccnc1)CCC2. The van der Waals surface area contributed by atoms with E-state index in [9.17, 15) is 8.42 Å². The van der Waals surface area contributed by atoms with Crippen molar-refractivity contribution in [2.75, 3.05) is 13.7 Å². The zero-order chi connectivity index (χ0) is 16.3. The minimum atomic E-state index is -3.60. The Morgan fingerprint density at radius 1 is 1.48 bits per heavy atom. The van der Waals surface area contributed by atoms with E-state index in [0.717, 1.165) is 30.5 Å². The number of nitrogens with zero attached hydrogens (tertiary/aromatic N) is 3. The van der Waals surface area contributed by atoms with Crippen LogP contribution in [0.4, 0.5) is 0 Å². The lowest BCUT2D eigenvalue weighted by Gasteiger charge is -2.22. The number of aryl methyl sites for hydroxylation is 1. The van der Waals surface area contributed by atoms with Crippen molar-refractivity contribution >= 4 is 10.0 Å². The minimum Gasteiger partial charge on any atom is -0.383 e. The monoisotopic (exact) mass is 336 g/mol. The number of methoxy groups -OCH3 is 1. The molecular formula is C15H20N4O3S. The molecule has 124 valence electrons. The summed E-state index contributed by atoms with van der Waals surface area (Å²) in [6, 6.07) is 2.85. The summed E-state index contributed by atoms with van der Waals surface area (Å²) in [5.41, 5.74) is 1.92. The zero-order valence-corrected chi connectivity index (χ0v) is 13.8. The van der Waals surface area contributed by atoms with Crippen molar-refractivity contribution in [2.24, 2.45) is 0 Å². The minimum absolute atomic E-state index is 0.172. The number of pyridine rings is 1. The Labute approximate surface area is 135 Å². The maximum Gasteiger partial charge on any atom is 0.242 e. The summed E-state index contributed by atoms with van der Waals surface area (Å²) in [6.07, 6.45) is 7.49. The zero-order valence-electron chi connectivity index (χ0n) is 13.0. The highest BCUT2D eigenvalue weighted by Crippen LogP contribution is 2.29. The Balaban J connectivity index is 1.82. The highest BCUT2D eigenvalue weighted by Gasteiger charge is 2.28. The topological polar surface area (TPSA) is 86.1 Å². The van der Waals surface area contributed by atoms with Crippen molar-refractivity contribution in [3.8, 4) is 0 Å². The molecule has 0 aliphatic heterocycles. The normalized spacial score (nSPS) is 17.9. The van der Waals surface area contributed by atoms with Crippen molar-refractivity contribution in [1.29, 1.82) is 0 Å². The molecule has 2 aromatic heterocycles. The molecule has 23 heavy (non-hydrogen) atoms. The van der Waals surface area contributed by atoms with Crippen molar-refractivity contribution in [3.05, 3.63) is 42.0 Å². The first-order valence-corrected chi connectivity index (χ1v) is 9.06. The lowest BCUT2D eigenvalue weighted by Crippen LogP contribution is -2.31. The molecule has 1 aliphatic carbocycles. The number of fused-ring (bicyclic) bond motifs is 1. The van der Waals surface area contributed by atoms with Gasteiger partial charge in [0, 0.05) is 25.7 Å². The number of nitrogens with one attached hydrogen (secondary N) is 1. The fourth-order valence-corrected chi connectivity index (χ4v) is 3.97. The third-order valence-electron chi connectivity index (χ3n) is 3.91. The summed E-state index contributed by atoms with van der Waals surface area (Å²) in [6.45, 7) is 1.23. The van der Waals surface area contributed by atoms with E-state index >= 15 is 0 Å². The summed E-state index contributed by atoms with van der Waals surface area (Å²) in [7, 11) is -1.95. The van der Waals surface area contributed by atoms with Crippen LogP contribution in [-0.4, -0.2) is 36.9 Å². The van der Waals surface area contributed by atoms with Gasteiger partial charge in [0.15, 0.2) is 0 Å². The number of rotatable bonds is 6. The van der Waals surface area contributed by atoms with Crippen LogP contribution >= 0.6 is 0 Å². The number of hydrogen-bond acceptors (Lipinski definition) is 5. The molecular weight excluding hydrogens is 316 g/mol. The van der Waals surface area contributed by atoms with Crippen LogP contribution in [0.5, 0.6) is 0 Å². The van der Waals surface area contributed by atoms with Gasteiger partial charge in [0.05, 0.1) is 24.9 Å². The van der Waals surface area contributed by atoms with Crippen LogP contribution in [0.15, 0.2) is 35.6 Å². The molecule has 0 saturated heterocycles. The highest BCUT2D eigenvalue weighted by atomic mass is 32.2. The summed E-state index contributed by atoms with van der Waals surface area (Å²) >= 11 is 0. The summed E-state index contributed by atoms with van der Waals surface area (Å²) in [4.78, 5) is 4.05. The Morgan fingerprint density at radius 3 is 3.09 bits per heavy atom. The molecule has 0 amide bonds. The summed E-state index contributed by atoms with van der Waals surface area (Å²) in [5.74, 6) is 0. The van der Waals surface area contributed by atoms with Crippen LogP contribution in [0.2, 0.25) is 0 Å². The van der Waals surface area contributed by atoms with E-state index < -0.39 is 10.0 Å². The third-order valence-corrected chi connectivity index (χ3v) is 5.36. The van der Waals surface area contributed by atoms with Gasteiger partial charge in [-0.15, -0.1) is 0 Å². The summed E-state index contributed by atoms with van der Waals surface area (Å²) < 4.78 is 34.6. The van der Waals surface area contributed by atoms with Crippen LogP contribution in [0.25, 0.3) is 0 Å². The van der Waals surface area contributed by atoms with Crippen molar-refractivity contribution in [3.63, 3.8) is 0 Å². The molecule has 2 heterocycles. The third kappa shape index (κ3) is 3.60. The van der Waals surface area contributed by atoms with Gasteiger partial charge >= 0.3 is 0 Å². The van der Waals surface area contributed by atoms with Crippen LogP contribution < -0.4 is 4.72 Å². The molecule has 1 atom stereocenters. The number of sulfonamides is 1. The van der Waals surface area contributed by atoms with Gasteiger partial charge in [0.1, 0.15) is 4.90 Å². The smallest absolute Gasteiger partial charge is 0.242 e. The second kappa shape index (κ2) is 6.77. The molecule has 0 saturated carbocycles. The van der Waals surface area contributed by atoms with Crippen LogP contribution in [0.1, 0.15) is 30.1 Å². The predicted molar refractivity (Wildman–Crippen MR) is 84.3 cm³/mol.